The van der Waals surface area contributed by atoms with Crippen molar-refractivity contribution in [1.29, 1.82) is 0 Å². The number of amides is 1. The van der Waals surface area contributed by atoms with Gasteiger partial charge in [-0.15, -0.1) is 11.3 Å². The van der Waals surface area contributed by atoms with Gasteiger partial charge in [0.05, 0.1) is 38.2 Å². The predicted molar refractivity (Wildman–Crippen MR) is 110 cm³/mol. The molecule has 3 rings (SSSR count). The summed E-state index contributed by atoms with van der Waals surface area (Å²) < 4.78 is 12.9. The van der Waals surface area contributed by atoms with Crippen molar-refractivity contribution >= 4 is 66.7 Å². The molecule has 0 N–H and O–H groups in total. The molecule has 0 atom stereocenters. The quantitative estimate of drug-likeness (QED) is 0.518. The van der Waals surface area contributed by atoms with Gasteiger partial charge in [-0.25, -0.2) is 4.79 Å². The van der Waals surface area contributed by atoms with Crippen LogP contribution in [0.25, 0.3) is 10.2 Å². The van der Waals surface area contributed by atoms with Crippen LogP contribution < -0.4 is 4.80 Å². The Morgan fingerprint density at radius 3 is 2.61 bits per heavy atom. The van der Waals surface area contributed by atoms with Gasteiger partial charge in [-0.05, 0) is 53.2 Å². The van der Waals surface area contributed by atoms with Crippen LogP contribution in [0.4, 0.5) is 0 Å². The number of thiazole rings is 1. The van der Waals surface area contributed by atoms with E-state index in [0.717, 1.165) is 3.79 Å². The van der Waals surface area contributed by atoms with E-state index in [1.54, 1.807) is 41.8 Å². The number of benzene rings is 1. The molecule has 3 aromatic rings. The second-order valence-electron chi connectivity index (χ2n) is 5.47. The number of rotatable bonds is 5. The summed E-state index contributed by atoms with van der Waals surface area (Å²) >= 11 is 5.81. The van der Waals surface area contributed by atoms with Gasteiger partial charge in [0.1, 0.15) is 6.54 Å². The third kappa shape index (κ3) is 4.40. The maximum absolute atomic E-state index is 12.5. The maximum atomic E-state index is 12.5. The Balaban J connectivity index is 2.12. The van der Waals surface area contributed by atoms with E-state index < -0.39 is 17.8 Å². The number of methoxy groups -OCH3 is 1. The highest BCUT2D eigenvalue weighted by Gasteiger charge is 2.15. The van der Waals surface area contributed by atoms with Crippen LogP contribution in [0.5, 0.6) is 0 Å². The molecule has 0 saturated carbocycles. The zero-order valence-corrected chi connectivity index (χ0v) is 18.2. The van der Waals surface area contributed by atoms with E-state index >= 15 is 0 Å². The van der Waals surface area contributed by atoms with E-state index in [-0.39, 0.29) is 13.2 Å². The molecule has 2 heterocycles. The highest BCUT2D eigenvalue weighted by Crippen LogP contribution is 2.23. The number of aromatic nitrogens is 1. The molecule has 1 amide bonds. The summed E-state index contributed by atoms with van der Waals surface area (Å²) in [6.07, 6.45) is 0. The Morgan fingerprint density at radius 2 is 1.96 bits per heavy atom. The minimum absolute atomic E-state index is 0.0916. The molecule has 0 bridgehead atoms. The average molecular weight is 483 g/mol. The monoisotopic (exact) mass is 482 g/mol. The number of carbonyl (C=O) groups is 3. The molecular weight excluding hydrogens is 468 g/mol. The van der Waals surface area contributed by atoms with Crippen molar-refractivity contribution < 1.29 is 23.9 Å². The van der Waals surface area contributed by atoms with Crippen molar-refractivity contribution in [2.24, 2.45) is 4.99 Å². The minimum atomic E-state index is -0.467. The normalized spacial score (nSPS) is 11.6. The topological polar surface area (TPSA) is 87.0 Å². The minimum Gasteiger partial charge on any atom is -0.465 e. The van der Waals surface area contributed by atoms with Crippen molar-refractivity contribution in [3.63, 3.8) is 0 Å². The van der Waals surface area contributed by atoms with Gasteiger partial charge in [0.2, 0.25) is 0 Å². The Kier molecular flexibility index (Phi) is 6.42. The van der Waals surface area contributed by atoms with Crippen LogP contribution in [0.15, 0.2) is 39.1 Å². The average Bonchev–Trinajstić information content (AvgIpc) is 3.25. The van der Waals surface area contributed by atoms with Crippen LogP contribution in [0, 0.1) is 0 Å². The molecule has 2 aromatic heterocycles. The molecular formula is C18H15BrN2O5S2. The first-order valence-corrected chi connectivity index (χ1v) is 10.6. The predicted octanol–water partition coefficient (Wildman–Crippen LogP) is 3.62. The Morgan fingerprint density at radius 1 is 1.18 bits per heavy atom. The molecule has 0 aliphatic heterocycles. The molecule has 0 spiro atoms. The zero-order chi connectivity index (χ0) is 20.3. The third-order valence-electron chi connectivity index (χ3n) is 3.68. The summed E-state index contributed by atoms with van der Waals surface area (Å²) in [7, 11) is 1.31. The summed E-state index contributed by atoms with van der Waals surface area (Å²) in [6.45, 7) is 1.88. The maximum Gasteiger partial charge on any atom is 0.337 e. The molecule has 0 aliphatic rings. The van der Waals surface area contributed by atoms with Crippen molar-refractivity contribution in [2.45, 2.75) is 13.5 Å². The number of halogens is 1. The second kappa shape index (κ2) is 8.80. The Bertz CT molecular complexity index is 1130. The van der Waals surface area contributed by atoms with Gasteiger partial charge >= 0.3 is 11.9 Å². The van der Waals surface area contributed by atoms with E-state index in [4.69, 9.17) is 9.47 Å². The number of fused-ring (bicyclic) bond motifs is 1. The number of nitrogens with zero attached hydrogens (tertiary/aromatic N) is 2. The highest BCUT2D eigenvalue weighted by molar-refractivity contribution is 9.11. The van der Waals surface area contributed by atoms with Gasteiger partial charge in [-0.3, -0.25) is 9.59 Å². The molecule has 28 heavy (non-hydrogen) atoms. The van der Waals surface area contributed by atoms with Crippen LogP contribution in [0.2, 0.25) is 0 Å². The SMILES string of the molecule is CCOC(=O)Cn1c(=NC(=O)c2ccc(Br)s2)sc2cc(C(=O)OC)ccc21. The lowest BCUT2D eigenvalue weighted by Gasteiger charge is -2.05. The molecule has 0 aliphatic carbocycles. The van der Waals surface area contributed by atoms with E-state index in [1.807, 2.05) is 0 Å². The van der Waals surface area contributed by atoms with E-state index in [1.165, 1.54) is 29.8 Å². The van der Waals surface area contributed by atoms with E-state index in [0.29, 0.717) is 25.5 Å². The standard InChI is InChI=1S/C18H15BrN2O5S2/c1-3-26-15(22)9-21-11-5-4-10(17(24)25-2)8-13(11)28-18(21)20-16(23)12-6-7-14(19)27-12/h4-8H,3,9H2,1-2H3. The molecule has 0 radical (unpaired) electrons. The fourth-order valence-electron chi connectivity index (χ4n) is 2.46. The van der Waals surface area contributed by atoms with Gasteiger partial charge < -0.3 is 14.0 Å². The molecule has 0 unspecified atom stereocenters. The lowest BCUT2D eigenvalue weighted by molar-refractivity contribution is -0.143. The fourth-order valence-corrected chi connectivity index (χ4v) is 4.80. The summed E-state index contributed by atoms with van der Waals surface area (Å²) in [5.74, 6) is -1.31. The first-order chi connectivity index (χ1) is 13.4. The van der Waals surface area contributed by atoms with Gasteiger partial charge in [-0.1, -0.05) is 11.3 Å². The molecule has 7 nitrogen and oxygen atoms in total. The van der Waals surface area contributed by atoms with Crippen molar-refractivity contribution in [3.8, 4) is 0 Å². The molecule has 10 heteroatoms. The van der Waals surface area contributed by atoms with Crippen molar-refractivity contribution in [3.05, 3.63) is 49.4 Å². The van der Waals surface area contributed by atoms with Gasteiger partial charge in [-0.2, -0.15) is 4.99 Å². The second-order valence-corrected chi connectivity index (χ2v) is 8.94. The van der Waals surface area contributed by atoms with Crippen LogP contribution in [-0.2, 0) is 20.8 Å². The number of esters is 2. The van der Waals surface area contributed by atoms with Crippen molar-refractivity contribution in [2.75, 3.05) is 13.7 Å². The number of hydrogen-bond acceptors (Lipinski definition) is 7. The molecule has 146 valence electrons. The number of thiophene rings is 1. The number of carbonyl (C=O) groups excluding carboxylic acids is 3. The lowest BCUT2D eigenvalue weighted by atomic mass is 10.2. The number of hydrogen-bond donors (Lipinski definition) is 0. The van der Waals surface area contributed by atoms with Gasteiger partial charge in [0, 0.05) is 0 Å². The zero-order valence-electron chi connectivity index (χ0n) is 14.9. The third-order valence-corrected chi connectivity index (χ3v) is 6.33. The smallest absolute Gasteiger partial charge is 0.337 e. The van der Waals surface area contributed by atoms with Crippen LogP contribution in [-0.4, -0.2) is 36.1 Å². The number of ether oxygens (including phenoxy) is 2. The van der Waals surface area contributed by atoms with Crippen LogP contribution in [0.1, 0.15) is 27.0 Å². The van der Waals surface area contributed by atoms with Gasteiger partial charge in [0.25, 0.3) is 5.91 Å². The molecule has 0 saturated heterocycles. The summed E-state index contributed by atoms with van der Waals surface area (Å²) in [6, 6.07) is 8.40. The fraction of sp³-hybridized carbons (Fsp3) is 0.222. The van der Waals surface area contributed by atoms with Crippen LogP contribution >= 0.6 is 38.6 Å². The van der Waals surface area contributed by atoms with Crippen molar-refractivity contribution in [1.82, 2.24) is 4.57 Å². The van der Waals surface area contributed by atoms with Gasteiger partial charge in [0.15, 0.2) is 4.80 Å². The van der Waals surface area contributed by atoms with E-state index in [2.05, 4.69) is 20.9 Å². The first kappa shape index (κ1) is 20.4. The highest BCUT2D eigenvalue weighted by atomic mass is 79.9. The summed E-state index contributed by atoms with van der Waals surface area (Å²) in [5.41, 5.74) is 1.05. The van der Waals surface area contributed by atoms with Crippen LogP contribution in [0.3, 0.4) is 0 Å². The molecule has 1 aromatic carbocycles. The van der Waals surface area contributed by atoms with E-state index in [9.17, 15) is 14.4 Å². The largest absolute Gasteiger partial charge is 0.465 e. The summed E-state index contributed by atoms with van der Waals surface area (Å²) in [4.78, 5) is 41.4. The Labute approximate surface area is 176 Å². The Hall–Kier alpha value is -2.30. The summed E-state index contributed by atoms with van der Waals surface area (Å²) in [5, 5.41) is 0. The lowest BCUT2D eigenvalue weighted by Crippen LogP contribution is -2.23. The first-order valence-electron chi connectivity index (χ1n) is 8.14. The molecule has 0 fully saturated rings.